The molecular weight excluding hydrogens is 252 g/mol. The summed E-state index contributed by atoms with van der Waals surface area (Å²) >= 11 is 1.77. The molecule has 0 aromatic carbocycles. The van der Waals surface area contributed by atoms with Gasteiger partial charge in [-0.05, 0) is 73.3 Å². The van der Waals surface area contributed by atoms with E-state index in [2.05, 4.69) is 60.0 Å². The summed E-state index contributed by atoms with van der Waals surface area (Å²) in [5, 5.41) is 8.04. The molecular formula is C16H22N2S. The first-order valence-electron chi connectivity index (χ1n) is 6.88. The fourth-order valence-corrected chi connectivity index (χ4v) is 3.02. The lowest BCUT2D eigenvalue weighted by Gasteiger charge is -2.19. The standard InChI is InChI=1S/C16H22N2S/c1-4-6-17-16(10-14-5-7-19-11-14)15-8-12(2)18-13(3)9-15/h5,7-9,11,16-17H,4,6,10H2,1-3H3. The first-order chi connectivity index (χ1) is 9.19. The minimum Gasteiger partial charge on any atom is -0.310 e. The van der Waals surface area contributed by atoms with Crippen LogP contribution in [0.5, 0.6) is 0 Å². The third kappa shape index (κ3) is 4.15. The number of nitrogens with zero attached hydrogens (tertiary/aromatic N) is 1. The second-order valence-electron chi connectivity index (χ2n) is 5.03. The van der Waals surface area contributed by atoms with Gasteiger partial charge in [0.2, 0.25) is 0 Å². The molecule has 1 unspecified atom stereocenters. The summed E-state index contributed by atoms with van der Waals surface area (Å²) in [7, 11) is 0. The van der Waals surface area contributed by atoms with Crippen LogP contribution in [0.1, 0.15) is 41.9 Å². The van der Waals surface area contributed by atoms with Gasteiger partial charge in [-0.15, -0.1) is 0 Å². The van der Waals surface area contributed by atoms with E-state index in [9.17, 15) is 0 Å². The van der Waals surface area contributed by atoms with E-state index >= 15 is 0 Å². The van der Waals surface area contributed by atoms with Crippen molar-refractivity contribution >= 4 is 11.3 Å². The van der Waals surface area contributed by atoms with Crippen molar-refractivity contribution in [2.24, 2.45) is 0 Å². The number of pyridine rings is 1. The van der Waals surface area contributed by atoms with Crippen LogP contribution in [0.4, 0.5) is 0 Å². The number of thiophene rings is 1. The highest BCUT2D eigenvalue weighted by molar-refractivity contribution is 7.07. The maximum atomic E-state index is 4.47. The minimum atomic E-state index is 0.384. The first kappa shape index (κ1) is 14.2. The van der Waals surface area contributed by atoms with Crippen LogP contribution in [0.3, 0.4) is 0 Å². The van der Waals surface area contributed by atoms with Crippen molar-refractivity contribution in [2.75, 3.05) is 6.54 Å². The zero-order valence-corrected chi connectivity index (χ0v) is 12.8. The van der Waals surface area contributed by atoms with E-state index in [-0.39, 0.29) is 0 Å². The van der Waals surface area contributed by atoms with Gasteiger partial charge < -0.3 is 5.32 Å². The van der Waals surface area contributed by atoms with Gasteiger partial charge in [0.05, 0.1) is 0 Å². The van der Waals surface area contributed by atoms with Gasteiger partial charge in [-0.2, -0.15) is 11.3 Å². The summed E-state index contributed by atoms with van der Waals surface area (Å²) in [6.45, 7) is 7.39. The van der Waals surface area contributed by atoms with Crippen LogP contribution in [0.25, 0.3) is 0 Å². The zero-order chi connectivity index (χ0) is 13.7. The SMILES string of the molecule is CCCNC(Cc1ccsc1)c1cc(C)nc(C)c1. The Kier molecular flexibility index (Phi) is 5.11. The van der Waals surface area contributed by atoms with Gasteiger partial charge >= 0.3 is 0 Å². The molecule has 2 rings (SSSR count). The Labute approximate surface area is 119 Å². The Balaban J connectivity index is 2.20. The molecule has 2 heterocycles. The summed E-state index contributed by atoms with van der Waals surface area (Å²) in [5.41, 5.74) is 4.96. The lowest BCUT2D eigenvalue weighted by atomic mass is 9.99. The average Bonchev–Trinajstić information content (AvgIpc) is 2.86. The smallest absolute Gasteiger partial charge is 0.0379 e. The minimum absolute atomic E-state index is 0.384. The van der Waals surface area contributed by atoms with Gasteiger partial charge in [0.1, 0.15) is 0 Å². The van der Waals surface area contributed by atoms with Crippen molar-refractivity contribution in [1.82, 2.24) is 10.3 Å². The highest BCUT2D eigenvalue weighted by Crippen LogP contribution is 2.21. The molecule has 1 N–H and O–H groups in total. The van der Waals surface area contributed by atoms with Crippen molar-refractivity contribution in [3.63, 3.8) is 0 Å². The van der Waals surface area contributed by atoms with Crippen LogP contribution in [0, 0.1) is 13.8 Å². The summed E-state index contributed by atoms with van der Waals surface area (Å²) in [6.07, 6.45) is 2.20. The molecule has 0 radical (unpaired) electrons. The van der Waals surface area contributed by atoms with Gasteiger partial charge in [0, 0.05) is 17.4 Å². The Hall–Kier alpha value is -1.19. The van der Waals surface area contributed by atoms with Crippen LogP contribution in [0.2, 0.25) is 0 Å². The van der Waals surface area contributed by atoms with Crippen molar-refractivity contribution in [3.05, 3.63) is 51.5 Å². The second kappa shape index (κ2) is 6.83. The normalized spacial score (nSPS) is 12.6. The third-order valence-corrected chi connectivity index (χ3v) is 3.90. The Bertz CT molecular complexity index is 485. The monoisotopic (exact) mass is 274 g/mol. The molecule has 102 valence electrons. The van der Waals surface area contributed by atoms with Gasteiger partial charge in [-0.3, -0.25) is 4.98 Å². The number of aryl methyl sites for hydroxylation is 2. The molecule has 0 spiro atoms. The molecule has 2 aromatic heterocycles. The fraction of sp³-hybridized carbons (Fsp3) is 0.438. The molecule has 0 amide bonds. The van der Waals surface area contributed by atoms with Gasteiger partial charge in [-0.25, -0.2) is 0 Å². The number of nitrogens with one attached hydrogen (secondary N) is 1. The quantitative estimate of drug-likeness (QED) is 0.860. The Morgan fingerprint density at radius 3 is 2.58 bits per heavy atom. The predicted molar refractivity (Wildman–Crippen MR) is 82.8 cm³/mol. The van der Waals surface area contributed by atoms with Crippen LogP contribution in [-0.2, 0) is 6.42 Å². The fourth-order valence-electron chi connectivity index (χ4n) is 2.34. The molecule has 2 aromatic rings. The molecule has 19 heavy (non-hydrogen) atoms. The zero-order valence-electron chi connectivity index (χ0n) is 11.9. The van der Waals surface area contributed by atoms with Gasteiger partial charge in [0.15, 0.2) is 0 Å². The summed E-state index contributed by atoms with van der Waals surface area (Å²) < 4.78 is 0. The van der Waals surface area contributed by atoms with E-state index in [1.54, 1.807) is 11.3 Å². The molecule has 1 atom stereocenters. The lowest BCUT2D eigenvalue weighted by Crippen LogP contribution is -2.24. The first-order valence-corrected chi connectivity index (χ1v) is 7.83. The number of aromatic nitrogens is 1. The highest BCUT2D eigenvalue weighted by Gasteiger charge is 2.13. The van der Waals surface area contributed by atoms with E-state index in [1.165, 1.54) is 11.1 Å². The average molecular weight is 274 g/mol. The molecule has 0 bridgehead atoms. The predicted octanol–water partition coefficient (Wildman–Crippen LogP) is 4.04. The van der Waals surface area contributed by atoms with E-state index in [4.69, 9.17) is 0 Å². The van der Waals surface area contributed by atoms with Crippen LogP contribution < -0.4 is 5.32 Å². The van der Waals surface area contributed by atoms with Gasteiger partial charge in [0.25, 0.3) is 0 Å². The topological polar surface area (TPSA) is 24.9 Å². The third-order valence-electron chi connectivity index (χ3n) is 3.17. The lowest BCUT2D eigenvalue weighted by molar-refractivity contribution is 0.528. The maximum absolute atomic E-state index is 4.47. The number of hydrogen-bond acceptors (Lipinski definition) is 3. The van der Waals surface area contributed by atoms with Crippen LogP contribution in [-0.4, -0.2) is 11.5 Å². The van der Waals surface area contributed by atoms with E-state index in [1.807, 2.05) is 0 Å². The number of rotatable bonds is 6. The molecule has 2 nitrogen and oxygen atoms in total. The molecule has 0 fully saturated rings. The molecule has 0 saturated carbocycles. The van der Waals surface area contributed by atoms with Gasteiger partial charge in [-0.1, -0.05) is 6.92 Å². The van der Waals surface area contributed by atoms with E-state index < -0.39 is 0 Å². The largest absolute Gasteiger partial charge is 0.310 e. The van der Waals surface area contributed by atoms with Crippen LogP contribution in [0.15, 0.2) is 29.0 Å². The molecule has 0 aliphatic rings. The second-order valence-corrected chi connectivity index (χ2v) is 5.81. The summed E-state index contributed by atoms with van der Waals surface area (Å²) in [5.74, 6) is 0. The van der Waals surface area contributed by atoms with Crippen molar-refractivity contribution in [3.8, 4) is 0 Å². The number of hydrogen-bond donors (Lipinski definition) is 1. The molecule has 0 aliphatic carbocycles. The summed E-state index contributed by atoms with van der Waals surface area (Å²) in [4.78, 5) is 4.47. The Morgan fingerprint density at radius 1 is 1.26 bits per heavy atom. The molecule has 3 heteroatoms. The van der Waals surface area contributed by atoms with Crippen LogP contribution >= 0.6 is 11.3 Å². The van der Waals surface area contributed by atoms with E-state index in [0.29, 0.717) is 6.04 Å². The van der Waals surface area contributed by atoms with Crippen molar-refractivity contribution in [2.45, 2.75) is 39.7 Å². The van der Waals surface area contributed by atoms with Crippen molar-refractivity contribution in [1.29, 1.82) is 0 Å². The molecule has 0 saturated heterocycles. The molecule has 0 aliphatic heterocycles. The van der Waals surface area contributed by atoms with E-state index in [0.717, 1.165) is 30.8 Å². The highest BCUT2D eigenvalue weighted by atomic mass is 32.1. The summed E-state index contributed by atoms with van der Waals surface area (Å²) in [6, 6.07) is 7.00. The van der Waals surface area contributed by atoms with Crippen molar-refractivity contribution < 1.29 is 0 Å². The Morgan fingerprint density at radius 2 is 2.00 bits per heavy atom. The maximum Gasteiger partial charge on any atom is 0.0379 e.